The smallest absolute Gasteiger partial charge is 0.280 e. The molecule has 0 aromatic carbocycles. The van der Waals surface area contributed by atoms with E-state index in [0.717, 1.165) is 0 Å². The van der Waals surface area contributed by atoms with E-state index in [1.165, 1.54) is 6.33 Å². The molecule has 2 heterocycles. The van der Waals surface area contributed by atoms with Crippen LogP contribution in [-0.4, -0.2) is 61.8 Å². The number of imidazole rings is 1. The molecule has 1 saturated carbocycles. The van der Waals surface area contributed by atoms with Gasteiger partial charge in [0.25, 0.3) is 5.56 Å². The molecule has 1 aliphatic rings. The summed E-state index contributed by atoms with van der Waals surface area (Å²) in [5.41, 5.74) is 5.94. The first-order valence-electron chi connectivity index (χ1n) is 7.87. The summed E-state index contributed by atoms with van der Waals surface area (Å²) in [5.74, 6) is -0.686. The third-order valence-corrected chi connectivity index (χ3v) is 4.45. The van der Waals surface area contributed by atoms with Gasteiger partial charge in [-0.3, -0.25) is 14.2 Å². The molecule has 0 amide bonds. The van der Waals surface area contributed by atoms with Gasteiger partial charge in [0, 0.05) is 12.5 Å². The number of aromatic nitrogens is 4. The molecule has 5 N–H and O–H groups in total. The van der Waals surface area contributed by atoms with E-state index >= 15 is 0 Å². The summed E-state index contributed by atoms with van der Waals surface area (Å²) in [6, 6.07) is -0.620. The summed E-state index contributed by atoms with van der Waals surface area (Å²) >= 11 is 0. The van der Waals surface area contributed by atoms with Crippen LogP contribution in [0.1, 0.15) is 12.5 Å². The maximum atomic E-state index is 12.4. The average molecular weight is 353 g/mol. The van der Waals surface area contributed by atoms with Gasteiger partial charge < -0.3 is 25.3 Å². The fourth-order valence-corrected chi connectivity index (χ4v) is 3.24. The van der Waals surface area contributed by atoms with E-state index in [4.69, 9.17) is 10.5 Å². The van der Waals surface area contributed by atoms with E-state index in [1.807, 2.05) is 0 Å². The number of nitrogens with two attached hydrogens (primary N) is 1. The van der Waals surface area contributed by atoms with E-state index in [9.17, 15) is 19.4 Å². The Balaban J connectivity index is 2.05. The summed E-state index contributed by atoms with van der Waals surface area (Å²) in [6.45, 7) is 3.20. The van der Waals surface area contributed by atoms with Crippen LogP contribution in [0.3, 0.4) is 0 Å². The van der Waals surface area contributed by atoms with Crippen LogP contribution >= 0.6 is 0 Å². The summed E-state index contributed by atoms with van der Waals surface area (Å²) in [7, 11) is 0. The number of aliphatic hydroxyl groups excluding tert-OH is 2. The number of anilines is 1. The van der Waals surface area contributed by atoms with Crippen molar-refractivity contribution in [3.8, 4) is 0 Å². The van der Waals surface area contributed by atoms with Crippen LogP contribution in [0.5, 0.6) is 0 Å². The minimum Gasteiger partial charge on any atom is -0.396 e. The highest BCUT2D eigenvalue weighted by atomic mass is 19.1. The van der Waals surface area contributed by atoms with E-state index < -0.39 is 36.4 Å². The van der Waals surface area contributed by atoms with Crippen LogP contribution in [0.25, 0.3) is 11.2 Å². The number of nitrogens with one attached hydrogen (secondary N) is 1. The summed E-state index contributed by atoms with van der Waals surface area (Å²) < 4.78 is 19.6. The van der Waals surface area contributed by atoms with Crippen LogP contribution in [-0.2, 0) is 4.74 Å². The molecule has 25 heavy (non-hydrogen) atoms. The van der Waals surface area contributed by atoms with E-state index in [2.05, 4.69) is 21.5 Å². The molecule has 0 unspecified atom stereocenters. The normalized spacial score (nSPS) is 26.6. The Labute approximate surface area is 142 Å². The van der Waals surface area contributed by atoms with Gasteiger partial charge in [0.2, 0.25) is 5.95 Å². The Kier molecular flexibility index (Phi) is 4.84. The molecule has 0 aliphatic heterocycles. The molecule has 1 aliphatic carbocycles. The lowest BCUT2D eigenvalue weighted by atomic mass is 10.0. The number of nitrogen functional groups attached to an aromatic ring is 1. The van der Waals surface area contributed by atoms with Gasteiger partial charge in [-0.2, -0.15) is 4.98 Å². The van der Waals surface area contributed by atoms with Crippen LogP contribution in [0.15, 0.2) is 23.3 Å². The van der Waals surface area contributed by atoms with Crippen molar-refractivity contribution in [3.05, 3.63) is 28.8 Å². The molecule has 2 aromatic rings. The van der Waals surface area contributed by atoms with Gasteiger partial charge in [0.05, 0.1) is 31.8 Å². The average Bonchev–Trinajstić information content (AvgIpc) is 3.07. The van der Waals surface area contributed by atoms with Crippen LogP contribution < -0.4 is 11.3 Å². The number of H-pyrrole nitrogens is 1. The number of rotatable bonds is 6. The van der Waals surface area contributed by atoms with Gasteiger partial charge >= 0.3 is 0 Å². The summed E-state index contributed by atoms with van der Waals surface area (Å²) in [5, 5.41) is 20.0. The van der Waals surface area contributed by atoms with Crippen LogP contribution in [0, 0.1) is 5.92 Å². The molecular weight excluding hydrogens is 333 g/mol. The van der Waals surface area contributed by atoms with Crippen molar-refractivity contribution in [1.82, 2.24) is 19.5 Å². The third kappa shape index (κ3) is 2.92. The molecule has 136 valence electrons. The third-order valence-electron chi connectivity index (χ3n) is 4.45. The van der Waals surface area contributed by atoms with Crippen molar-refractivity contribution in [2.45, 2.75) is 24.7 Å². The lowest BCUT2D eigenvalue weighted by Gasteiger charge is -2.24. The maximum absolute atomic E-state index is 12.4. The molecule has 2 aromatic heterocycles. The highest BCUT2D eigenvalue weighted by Crippen LogP contribution is 2.42. The second kappa shape index (κ2) is 6.90. The molecule has 3 rings (SSSR count). The van der Waals surface area contributed by atoms with Crippen molar-refractivity contribution in [2.75, 3.05) is 25.6 Å². The number of hydrogen-bond donors (Lipinski definition) is 4. The summed E-state index contributed by atoms with van der Waals surface area (Å²) in [4.78, 5) is 22.5. The highest BCUT2D eigenvalue weighted by Gasteiger charge is 2.47. The predicted octanol–water partition coefficient (Wildman–Crippen LogP) is -0.473. The van der Waals surface area contributed by atoms with Crippen LogP contribution in [0.4, 0.5) is 10.3 Å². The number of aromatic amines is 1. The fraction of sp³-hybridized carbons (Fsp3) is 0.533. The molecule has 0 saturated heterocycles. The van der Waals surface area contributed by atoms with Crippen molar-refractivity contribution in [1.29, 1.82) is 0 Å². The second-order valence-electron chi connectivity index (χ2n) is 5.95. The van der Waals surface area contributed by atoms with E-state index in [0.29, 0.717) is 5.57 Å². The Morgan fingerprint density at radius 1 is 1.52 bits per heavy atom. The van der Waals surface area contributed by atoms with Crippen LogP contribution in [0.2, 0.25) is 0 Å². The fourth-order valence-electron chi connectivity index (χ4n) is 3.24. The zero-order valence-electron chi connectivity index (χ0n) is 13.4. The maximum Gasteiger partial charge on any atom is 0.280 e. The van der Waals surface area contributed by atoms with Gasteiger partial charge in [0.1, 0.15) is 6.10 Å². The largest absolute Gasteiger partial charge is 0.396 e. The molecule has 4 atom stereocenters. The Bertz CT molecular complexity index is 835. The first-order valence-corrected chi connectivity index (χ1v) is 7.87. The number of fused-ring (bicyclic) bond motifs is 1. The topological polar surface area (TPSA) is 139 Å². The molecule has 0 radical (unpaired) electrons. The van der Waals surface area contributed by atoms with Crippen molar-refractivity contribution >= 4 is 17.1 Å². The van der Waals surface area contributed by atoms with Crippen molar-refractivity contribution in [3.63, 3.8) is 0 Å². The van der Waals surface area contributed by atoms with Gasteiger partial charge in [-0.1, -0.05) is 6.58 Å². The lowest BCUT2D eigenvalue weighted by molar-refractivity contribution is -0.0531. The number of halogens is 1. The molecule has 10 heteroatoms. The predicted molar refractivity (Wildman–Crippen MR) is 87.7 cm³/mol. The molecule has 0 bridgehead atoms. The minimum absolute atomic E-state index is 0.0722. The molecular formula is C15H20FN5O4. The number of ether oxygens (including phenoxy) is 1. The first kappa shape index (κ1) is 17.5. The number of aliphatic hydroxyl groups is 2. The van der Waals surface area contributed by atoms with Gasteiger partial charge in [0.15, 0.2) is 11.2 Å². The Morgan fingerprint density at radius 3 is 2.96 bits per heavy atom. The van der Waals surface area contributed by atoms with Gasteiger partial charge in [-0.15, -0.1) is 0 Å². The quantitative estimate of drug-likeness (QED) is 0.406. The Hall–Kier alpha value is -2.30. The minimum atomic E-state index is -1.03. The Morgan fingerprint density at radius 2 is 2.28 bits per heavy atom. The van der Waals surface area contributed by atoms with Crippen molar-refractivity contribution in [2.24, 2.45) is 5.92 Å². The van der Waals surface area contributed by atoms with Crippen molar-refractivity contribution < 1.29 is 19.3 Å². The number of alkyl halides is 1. The van der Waals surface area contributed by atoms with E-state index in [-0.39, 0.29) is 36.7 Å². The lowest BCUT2D eigenvalue weighted by Crippen LogP contribution is -2.33. The monoisotopic (exact) mass is 353 g/mol. The number of nitrogens with zero attached hydrogens (tertiary/aromatic N) is 3. The second-order valence-corrected chi connectivity index (χ2v) is 5.95. The summed E-state index contributed by atoms with van der Waals surface area (Å²) in [6.07, 6.45) is -0.239. The van der Waals surface area contributed by atoms with Gasteiger partial charge in [-0.05, 0) is 12.0 Å². The highest BCUT2D eigenvalue weighted by molar-refractivity contribution is 5.71. The van der Waals surface area contributed by atoms with E-state index in [1.54, 1.807) is 4.57 Å². The first-order chi connectivity index (χ1) is 12.0. The zero-order chi connectivity index (χ0) is 18.1. The molecule has 0 spiro atoms. The molecule has 9 nitrogen and oxygen atoms in total. The van der Waals surface area contributed by atoms with Gasteiger partial charge in [-0.25, -0.2) is 4.98 Å². The molecule has 1 fully saturated rings. The SMILES string of the molecule is C=C1[C@H](CO)[C@H](O)[C@H](OCCCF)[C@H]1n1cnc2c(=O)[nH]c(N)nc21. The number of hydrogen-bond acceptors (Lipinski definition) is 7. The standard InChI is InChI=1S/C15H20FN5O4/c1-7-8(5-22)11(23)12(25-4-2-3-16)10(7)21-6-18-9-13(21)19-15(17)20-14(9)24/h6,8,10-12,22-23H,1-5H2,(H3,17,19,20,24)/t8-,10-,11-,12+/m0/s1. The zero-order valence-corrected chi connectivity index (χ0v) is 13.4.